The average Bonchev–Trinajstić information content (AvgIpc) is 2.72. The first-order chi connectivity index (χ1) is 13.0. The third kappa shape index (κ3) is 9.39. The lowest BCUT2D eigenvalue weighted by atomic mass is 9.94. The lowest BCUT2D eigenvalue weighted by Gasteiger charge is -2.12. The number of hydrogen-bond donors (Lipinski definition) is 0. The van der Waals surface area contributed by atoms with Crippen LogP contribution in [0.2, 0.25) is 0 Å². The number of ketones is 1. The van der Waals surface area contributed by atoms with Crippen molar-refractivity contribution in [1.29, 1.82) is 0 Å². The fraction of sp³-hybridized carbons (Fsp3) is 0.458. The van der Waals surface area contributed by atoms with Crippen LogP contribution in [-0.4, -0.2) is 26.6 Å². The van der Waals surface area contributed by atoms with Gasteiger partial charge in [-0.05, 0) is 43.4 Å². The molecule has 27 heavy (non-hydrogen) atoms. The summed E-state index contributed by atoms with van der Waals surface area (Å²) in [4.78, 5) is 11.2. The van der Waals surface area contributed by atoms with E-state index < -0.39 is 0 Å². The van der Waals surface area contributed by atoms with Gasteiger partial charge in [-0.15, -0.1) is 0 Å². The monoisotopic (exact) mass is 372 g/mol. The molecule has 0 unspecified atom stereocenters. The second-order valence-corrected chi connectivity index (χ2v) is 6.01. The third-order valence-electron chi connectivity index (χ3n) is 4.22. The summed E-state index contributed by atoms with van der Waals surface area (Å²) in [6.45, 7) is 10.6. The summed E-state index contributed by atoms with van der Waals surface area (Å²) in [5.41, 5.74) is 3.29. The van der Waals surface area contributed by atoms with Gasteiger partial charge in [0.15, 0.2) is 5.78 Å². The first-order valence-corrected chi connectivity index (χ1v) is 9.78. The van der Waals surface area contributed by atoms with Crippen molar-refractivity contribution in [2.24, 2.45) is 0 Å². The molecule has 0 heterocycles. The first-order valence-electron chi connectivity index (χ1n) is 9.78. The largest absolute Gasteiger partial charge is 0.497 e. The molecule has 3 nitrogen and oxygen atoms in total. The van der Waals surface area contributed by atoms with Crippen molar-refractivity contribution in [3.63, 3.8) is 0 Å². The van der Waals surface area contributed by atoms with Crippen molar-refractivity contribution < 1.29 is 14.3 Å². The zero-order valence-electron chi connectivity index (χ0n) is 18.0. The van der Waals surface area contributed by atoms with E-state index in [0.29, 0.717) is 11.5 Å². The van der Waals surface area contributed by atoms with Crippen LogP contribution in [0.1, 0.15) is 67.9 Å². The quantitative estimate of drug-likeness (QED) is 0.524. The van der Waals surface area contributed by atoms with Gasteiger partial charge in [0, 0.05) is 12.7 Å². The highest BCUT2D eigenvalue weighted by Gasteiger charge is 2.05. The van der Waals surface area contributed by atoms with E-state index in [-0.39, 0.29) is 12.4 Å². The van der Waals surface area contributed by atoms with Crippen LogP contribution in [0.25, 0.3) is 0 Å². The molecular formula is C24H36O3. The molecule has 0 aliphatic heterocycles. The summed E-state index contributed by atoms with van der Waals surface area (Å²) in [6.07, 6.45) is 2.42. The number of benzene rings is 2. The maximum absolute atomic E-state index is 11.2. The van der Waals surface area contributed by atoms with E-state index in [1.54, 1.807) is 7.11 Å². The number of methoxy groups -OCH3 is 2. The number of Topliss-reactive ketones (excluding diaryl/α,β-unsaturated/α-hetero) is 1. The molecule has 0 spiro atoms. The van der Waals surface area contributed by atoms with Crippen molar-refractivity contribution in [2.75, 3.05) is 20.8 Å². The van der Waals surface area contributed by atoms with E-state index in [1.807, 2.05) is 57.2 Å². The molecule has 0 aliphatic rings. The van der Waals surface area contributed by atoms with Gasteiger partial charge in [-0.2, -0.15) is 0 Å². The fourth-order valence-electron chi connectivity index (χ4n) is 2.59. The molecule has 0 aromatic heterocycles. The van der Waals surface area contributed by atoms with Gasteiger partial charge >= 0.3 is 0 Å². The molecule has 0 N–H and O–H groups in total. The van der Waals surface area contributed by atoms with Crippen molar-refractivity contribution in [1.82, 2.24) is 0 Å². The standard InChI is InChI=1S/C12H18O.C10H12O2.C2H6/c1-4-10(5-2)11-6-8-12(13-3)9-7-11;1-8-3-5-9(6-4-8)10(11)7-12-2;1-2/h6-10H,4-5H2,1-3H3;3-6H,7H2,1-2H3;1-2H3. The van der Waals surface area contributed by atoms with Crippen LogP contribution in [0.15, 0.2) is 48.5 Å². The van der Waals surface area contributed by atoms with Crippen molar-refractivity contribution in [3.05, 3.63) is 65.2 Å². The maximum atomic E-state index is 11.2. The summed E-state index contributed by atoms with van der Waals surface area (Å²) in [5.74, 6) is 1.66. The molecule has 0 aliphatic carbocycles. The van der Waals surface area contributed by atoms with Crippen molar-refractivity contribution >= 4 is 5.78 Å². The Morgan fingerprint density at radius 2 is 1.41 bits per heavy atom. The summed E-state index contributed by atoms with van der Waals surface area (Å²) in [7, 11) is 3.22. The van der Waals surface area contributed by atoms with Gasteiger partial charge in [0.2, 0.25) is 0 Å². The van der Waals surface area contributed by atoms with Crippen LogP contribution in [0.4, 0.5) is 0 Å². The first kappa shape index (κ1) is 24.9. The van der Waals surface area contributed by atoms with Gasteiger partial charge in [-0.3, -0.25) is 4.79 Å². The third-order valence-corrected chi connectivity index (χ3v) is 4.22. The number of hydrogen-bond acceptors (Lipinski definition) is 3. The molecule has 3 heteroatoms. The highest BCUT2D eigenvalue weighted by Crippen LogP contribution is 2.24. The number of aryl methyl sites for hydroxylation is 1. The van der Waals surface area contributed by atoms with Crippen LogP contribution in [0.5, 0.6) is 5.75 Å². The topological polar surface area (TPSA) is 35.5 Å². The van der Waals surface area contributed by atoms with E-state index in [4.69, 9.17) is 9.47 Å². The summed E-state index contributed by atoms with van der Waals surface area (Å²) in [6, 6.07) is 15.9. The molecule has 0 saturated heterocycles. The molecule has 2 rings (SSSR count). The van der Waals surface area contributed by atoms with Gasteiger partial charge in [0.05, 0.1) is 7.11 Å². The number of ether oxygens (including phenoxy) is 2. The van der Waals surface area contributed by atoms with Crippen molar-refractivity contribution in [3.8, 4) is 5.75 Å². The van der Waals surface area contributed by atoms with Gasteiger partial charge in [0.1, 0.15) is 12.4 Å². The molecule has 0 amide bonds. The number of carbonyl (C=O) groups is 1. The number of carbonyl (C=O) groups excluding carboxylic acids is 1. The zero-order chi connectivity index (χ0) is 20.7. The Hall–Kier alpha value is -2.13. The Balaban J connectivity index is 0.000000460. The van der Waals surface area contributed by atoms with Crippen molar-refractivity contribution in [2.45, 2.75) is 53.4 Å². The minimum absolute atomic E-state index is 0.0255. The smallest absolute Gasteiger partial charge is 0.188 e. The van der Waals surface area contributed by atoms with Crippen LogP contribution >= 0.6 is 0 Å². The second kappa shape index (κ2) is 15.0. The summed E-state index contributed by atoms with van der Waals surface area (Å²) >= 11 is 0. The zero-order valence-corrected chi connectivity index (χ0v) is 18.0. The molecule has 0 saturated carbocycles. The van der Waals surface area contributed by atoms with E-state index in [9.17, 15) is 4.79 Å². The highest BCUT2D eigenvalue weighted by atomic mass is 16.5. The SMILES string of the molecule is CC.CCC(CC)c1ccc(OC)cc1.COCC(=O)c1ccc(C)cc1. The molecular weight excluding hydrogens is 336 g/mol. The molecule has 2 aromatic carbocycles. The van der Waals surface area contributed by atoms with Gasteiger partial charge in [-0.1, -0.05) is 69.7 Å². The average molecular weight is 373 g/mol. The van der Waals surface area contributed by atoms with Gasteiger partial charge < -0.3 is 9.47 Å². The van der Waals surface area contributed by atoms with E-state index in [1.165, 1.54) is 25.5 Å². The summed E-state index contributed by atoms with van der Waals surface area (Å²) < 4.78 is 9.85. The molecule has 0 radical (unpaired) electrons. The summed E-state index contributed by atoms with van der Waals surface area (Å²) in [5, 5.41) is 0. The van der Waals surface area contributed by atoms with Crippen LogP contribution < -0.4 is 4.74 Å². The van der Waals surface area contributed by atoms with Gasteiger partial charge in [0.25, 0.3) is 0 Å². The molecule has 2 aromatic rings. The molecule has 0 fully saturated rings. The molecule has 0 atom stereocenters. The van der Waals surface area contributed by atoms with Crippen LogP contribution in [0, 0.1) is 6.92 Å². The Labute approximate surface area is 165 Å². The normalized spacial score (nSPS) is 9.63. The number of rotatable bonds is 7. The Morgan fingerprint density at radius 3 is 1.81 bits per heavy atom. The fourth-order valence-corrected chi connectivity index (χ4v) is 2.59. The minimum Gasteiger partial charge on any atom is -0.497 e. The lowest BCUT2D eigenvalue weighted by molar-refractivity contribution is 0.0848. The van der Waals surface area contributed by atoms with E-state index in [2.05, 4.69) is 26.0 Å². The maximum Gasteiger partial charge on any atom is 0.188 e. The minimum atomic E-state index is 0.0255. The van der Waals surface area contributed by atoms with Crippen LogP contribution in [-0.2, 0) is 4.74 Å². The van der Waals surface area contributed by atoms with Gasteiger partial charge in [-0.25, -0.2) is 0 Å². The van der Waals surface area contributed by atoms with E-state index in [0.717, 1.165) is 11.3 Å². The molecule has 0 bridgehead atoms. The second-order valence-electron chi connectivity index (χ2n) is 6.01. The lowest BCUT2D eigenvalue weighted by Crippen LogP contribution is -2.06. The Bertz CT molecular complexity index is 611. The highest BCUT2D eigenvalue weighted by molar-refractivity contribution is 5.97. The Morgan fingerprint density at radius 1 is 0.889 bits per heavy atom. The Kier molecular flexibility index (Phi) is 13.8. The van der Waals surface area contributed by atoms with Crippen LogP contribution in [0.3, 0.4) is 0 Å². The molecule has 150 valence electrons. The predicted molar refractivity (Wildman–Crippen MR) is 115 cm³/mol. The predicted octanol–water partition coefficient (Wildman–Crippen LogP) is 6.45. The van der Waals surface area contributed by atoms with E-state index >= 15 is 0 Å².